The molecule has 3 aromatic carbocycles. The summed E-state index contributed by atoms with van der Waals surface area (Å²) < 4.78 is 6.67. The lowest BCUT2D eigenvalue weighted by atomic mass is 9.48. The van der Waals surface area contributed by atoms with E-state index in [0.717, 1.165) is 48.2 Å². The Morgan fingerprint density at radius 1 is 1.08 bits per heavy atom. The number of aliphatic hydroxyl groups is 1. The van der Waals surface area contributed by atoms with Crippen molar-refractivity contribution in [3.05, 3.63) is 71.3 Å². The number of likely N-dealkylation sites (N-methyl/N-ethyl adjacent to an activating group) is 1. The van der Waals surface area contributed by atoms with Gasteiger partial charge in [0.2, 0.25) is 0 Å². The highest BCUT2D eigenvalue weighted by Gasteiger charge is 2.73. The molecule has 2 heterocycles. The number of phenolic OH excluding ortho intramolecular Hbond substituents is 1. The van der Waals surface area contributed by atoms with Gasteiger partial charge >= 0.3 is 0 Å². The molecule has 2 N–H and O–H groups in total. The van der Waals surface area contributed by atoms with Crippen LogP contribution in [0.25, 0.3) is 10.8 Å². The van der Waals surface area contributed by atoms with Gasteiger partial charge in [-0.25, -0.2) is 0 Å². The van der Waals surface area contributed by atoms with Crippen LogP contribution in [0.5, 0.6) is 11.5 Å². The van der Waals surface area contributed by atoms with Gasteiger partial charge in [-0.3, -0.25) is 9.69 Å². The SMILES string of the molecule is CN(C(=O)c1ccc2ccccc2c1)C1CC[C@@]2(O)[C@H]3Cc4ccc(O)c5c4[C@@]2(CCN3CC2CC2)C1O5. The van der Waals surface area contributed by atoms with E-state index in [4.69, 9.17) is 4.74 Å². The van der Waals surface area contributed by atoms with E-state index in [1.807, 2.05) is 54.4 Å². The molecule has 0 radical (unpaired) electrons. The molecule has 1 saturated heterocycles. The van der Waals surface area contributed by atoms with Crippen LogP contribution in [-0.2, 0) is 11.8 Å². The third kappa shape index (κ3) is 2.88. The molecule has 3 aliphatic carbocycles. The van der Waals surface area contributed by atoms with Gasteiger partial charge in [-0.15, -0.1) is 0 Å². The molecular formula is C32H34N2O4. The number of carbonyl (C=O) groups excluding carboxylic acids is 1. The summed E-state index contributed by atoms with van der Waals surface area (Å²) in [6.45, 7) is 1.96. The van der Waals surface area contributed by atoms with Crippen LogP contribution in [0.2, 0.25) is 0 Å². The lowest BCUT2D eigenvalue weighted by molar-refractivity contribution is -0.197. The summed E-state index contributed by atoms with van der Waals surface area (Å²) in [7, 11) is 1.87. The van der Waals surface area contributed by atoms with Gasteiger partial charge in [0.1, 0.15) is 6.10 Å². The van der Waals surface area contributed by atoms with Crippen molar-refractivity contribution in [2.24, 2.45) is 5.92 Å². The molecule has 6 heteroatoms. The fourth-order valence-corrected chi connectivity index (χ4v) is 8.53. The highest BCUT2D eigenvalue weighted by Crippen LogP contribution is 2.66. The minimum atomic E-state index is -0.944. The fraction of sp³-hybridized carbons (Fsp3) is 0.469. The summed E-state index contributed by atoms with van der Waals surface area (Å²) in [6, 6.07) is 17.6. The number of likely N-dealkylation sites (tertiary alicyclic amines) is 1. The number of phenols is 1. The average molecular weight is 511 g/mol. The third-order valence-corrected chi connectivity index (χ3v) is 10.5. The van der Waals surface area contributed by atoms with Gasteiger partial charge in [-0.2, -0.15) is 0 Å². The second-order valence-electron chi connectivity index (χ2n) is 12.4. The predicted octanol–water partition coefficient (Wildman–Crippen LogP) is 4.25. The van der Waals surface area contributed by atoms with E-state index in [-0.39, 0.29) is 23.7 Å². The summed E-state index contributed by atoms with van der Waals surface area (Å²) in [6.07, 6.45) is 5.01. The van der Waals surface area contributed by atoms with Gasteiger partial charge in [-0.05, 0) is 85.5 Å². The lowest BCUT2D eigenvalue weighted by Gasteiger charge is -2.64. The van der Waals surface area contributed by atoms with Crippen LogP contribution in [-0.4, -0.2) is 69.8 Å². The Morgan fingerprint density at radius 2 is 1.89 bits per heavy atom. The van der Waals surface area contributed by atoms with Gasteiger partial charge < -0.3 is 19.8 Å². The first-order valence-electron chi connectivity index (χ1n) is 14.1. The number of rotatable bonds is 4. The predicted molar refractivity (Wildman–Crippen MR) is 145 cm³/mol. The zero-order chi connectivity index (χ0) is 25.8. The standard InChI is InChI=1S/C32H34N2O4/c1-33(30(36)23-9-8-20-4-2-3-5-21(20)16-23)24-12-13-32(37)26-17-22-10-11-25(35)28-27(22)31(32,29(24)38-28)14-15-34(26)18-19-6-7-19/h2-5,8-11,16,19,24,26,29,35,37H,6-7,12-15,17-18H2,1H3/t24?,26-,29?,31+,32-/m1/s1. The molecular weight excluding hydrogens is 476 g/mol. The van der Waals surface area contributed by atoms with Crippen molar-refractivity contribution in [3.63, 3.8) is 0 Å². The van der Waals surface area contributed by atoms with Crippen LogP contribution in [0.3, 0.4) is 0 Å². The number of benzene rings is 3. The van der Waals surface area contributed by atoms with E-state index in [0.29, 0.717) is 24.2 Å². The van der Waals surface area contributed by atoms with Crippen molar-refractivity contribution in [2.75, 3.05) is 20.1 Å². The monoisotopic (exact) mass is 510 g/mol. The molecule has 2 bridgehead atoms. The number of nitrogens with zero attached hydrogens (tertiary/aromatic N) is 2. The maximum Gasteiger partial charge on any atom is 0.253 e. The number of piperidine rings is 1. The van der Waals surface area contributed by atoms with Crippen molar-refractivity contribution in [1.82, 2.24) is 9.80 Å². The molecule has 8 rings (SSSR count). The second kappa shape index (κ2) is 7.73. The Bertz CT molecular complexity index is 1480. The maximum absolute atomic E-state index is 13.9. The summed E-state index contributed by atoms with van der Waals surface area (Å²) >= 11 is 0. The van der Waals surface area contributed by atoms with Crippen LogP contribution in [0.4, 0.5) is 0 Å². The zero-order valence-electron chi connectivity index (χ0n) is 21.8. The highest BCUT2D eigenvalue weighted by atomic mass is 16.5. The van der Waals surface area contributed by atoms with E-state index < -0.39 is 17.1 Å². The first-order valence-corrected chi connectivity index (χ1v) is 14.1. The van der Waals surface area contributed by atoms with Crippen LogP contribution in [0.1, 0.15) is 53.6 Å². The van der Waals surface area contributed by atoms with Gasteiger partial charge in [0.15, 0.2) is 11.5 Å². The average Bonchev–Trinajstić information content (AvgIpc) is 3.67. The largest absolute Gasteiger partial charge is 0.504 e. The van der Waals surface area contributed by atoms with Crippen LogP contribution in [0.15, 0.2) is 54.6 Å². The van der Waals surface area contributed by atoms with Crippen molar-refractivity contribution < 1.29 is 19.7 Å². The Labute approximate surface area is 222 Å². The Kier molecular flexibility index (Phi) is 4.65. The maximum atomic E-state index is 13.9. The van der Waals surface area contributed by atoms with Crippen LogP contribution < -0.4 is 4.74 Å². The molecule has 3 fully saturated rings. The summed E-state index contributed by atoms with van der Waals surface area (Å²) in [4.78, 5) is 18.2. The first-order chi connectivity index (χ1) is 18.4. The highest BCUT2D eigenvalue weighted by molar-refractivity contribution is 5.98. The van der Waals surface area contributed by atoms with Crippen molar-refractivity contribution in [1.29, 1.82) is 0 Å². The normalized spacial score (nSPS) is 33.1. The molecule has 5 aliphatic rings. The number of hydrogen-bond donors (Lipinski definition) is 2. The number of amides is 1. The number of aromatic hydroxyl groups is 1. The Balaban J connectivity index is 1.20. The molecule has 196 valence electrons. The lowest BCUT2D eigenvalue weighted by Crippen LogP contribution is -2.78. The number of hydrogen-bond acceptors (Lipinski definition) is 5. The molecule has 2 unspecified atom stereocenters. The molecule has 1 spiro atoms. The topological polar surface area (TPSA) is 73.2 Å². The first kappa shape index (κ1) is 22.9. The van der Waals surface area contributed by atoms with Gasteiger partial charge in [0.05, 0.1) is 17.1 Å². The molecule has 2 saturated carbocycles. The van der Waals surface area contributed by atoms with E-state index in [9.17, 15) is 15.0 Å². The van der Waals surface area contributed by atoms with Gasteiger partial charge in [0.25, 0.3) is 5.91 Å². The molecule has 1 amide bonds. The molecule has 3 aromatic rings. The number of ether oxygens (including phenoxy) is 1. The fourth-order valence-electron chi connectivity index (χ4n) is 8.53. The minimum absolute atomic E-state index is 0.0355. The van der Waals surface area contributed by atoms with E-state index in [1.165, 1.54) is 18.4 Å². The quantitative estimate of drug-likeness (QED) is 0.549. The van der Waals surface area contributed by atoms with E-state index >= 15 is 0 Å². The number of fused-ring (bicyclic) bond motifs is 1. The second-order valence-corrected chi connectivity index (χ2v) is 12.4. The smallest absolute Gasteiger partial charge is 0.253 e. The molecule has 6 nitrogen and oxygen atoms in total. The third-order valence-electron chi connectivity index (χ3n) is 10.5. The van der Waals surface area contributed by atoms with Crippen LogP contribution >= 0.6 is 0 Å². The molecule has 0 aromatic heterocycles. The van der Waals surface area contributed by atoms with Crippen molar-refractivity contribution in [3.8, 4) is 11.5 Å². The minimum Gasteiger partial charge on any atom is -0.504 e. The molecule has 5 atom stereocenters. The Hall–Kier alpha value is -3.09. The van der Waals surface area contributed by atoms with E-state index in [2.05, 4.69) is 11.0 Å². The van der Waals surface area contributed by atoms with Gasteiger partial charge in [-0.1, -0.05) is 36.4 Å². The summed E-state index contributed by atoms with van der Waals surface area (Å²) in [5, 5.41) is 25.7. The van der Waals surface area contributed by atoms with E-state index in [1.54, 1.807) is 6.07 Å². The Morgan fingerprint density at radius 3 is 2.71 bits per heavy atom. The van der Waals surface area contributed by atoms with Crippen molar-refractivity contribution in [2.45, 2.75) is 67.7 Å². The van der Waals surface area contributed by atoms with Gasteiger partial charge in [0, 0.05) is 30.8 Å². The zero-order valence-corrected chi connectivity index (χ0v) is 21.8. The summed E-state index contributed by atoms with van der Waals surface area (Å²) in [5.74, 6) is 1.38. The number of carbonyl (C=O) groups is 1. The van der Waals surface area contributed by atoms with Crippen LogP contribution in [0, 0.1) is 5.92 Å². The van der Waals surface area contributed by atoms with Crippen molar-refractivity contribution >= 4 is 16.7 Å². The molecule has 2 aliphatic heterocycles. The summed E-state index contributed by atoms with van der Waals surface area (Å²) in [5.41, 5.74) is 1.27. The molecule has 38 heavy (non-hydrogen) atoms.